The molecule has 2 aromatic rings. The minimum absolute atomic E-state index is 0.0322. The van der Waals surface area contributed by atoms with Crippen molar-refractivity contribution in [1.29, 1.82) is 0 Å². The zero-order valence-electron chi connectivity index (χ0n) is 14.2. The topological polar surface area (TPSA) is 41.1 Å². The molecule has 1 amide bonds. The number of hydrogen-bond acceptors (Lipinski definition) is 2. The molecular formula is C20H26N2O. The van der Waals surface area contributed by atoms with Crippen LogP contribution in [0.25, 0.3) is 0 Å². The SMILES string of the molecule is CCc1ccc([C@@H](C)N[C@@H](C)CC(=O)Nc2ccccc2)cc1. The van der Waals surface area contributed by atoms with Gasteiger partial charge in [-0.1, -0.05) is 49.4 Å². The molecule has 122 valence electrons. The first-order valence-corrected chi connectivity index (χ1v) is 8.28. The molecule has 0 saturated heterocycles. The second kappa shape index (κ2) is 8.49. The van der Waals surface area contributed by atoms with E-state index in [1.165, 1.54) is 11.1 Å². The lowest BCUT2D eigenvalue weighted by Crippen LogP contribution is -2.32. The fourth-order valence-corrected chi connectivity index (χ4v) is 2.64. The highest BCUT2D eigenvalue weighted by molar-refractivity contribution is 5.91. The average Bonchev–Trinajstić information content (AvgIpc) is 2.55. The third-order valence-corrected chi connectivity index (χ3v) is 3.97. The predicted molar refractivity (Wildman–Crippen MR) is 96.5 cm³/mol. The standard InChI is InChI=1S/C20H26N2O/c1-4-17-10-12-18(13-11-17)16(3)21-15(2)14-20(23)22-19-8-6-5-7-9-19/h5-13,15-16,21H,4,14H2,1-3H3,(H,22,23)/t15-,16+/m0/s1. The second-order valence-corrected chi connectivity index (χ2v) is 6.00. The third kappa shape index (κ3) is 5.53. The summed E-state index contributed by atoms with van der Waals surface area (Å²) in [5.74, 6) is 0.0322. The van der Waals surface area contributed by atoms with Crippen molar-refractivity contribution in [3.05, 3.63) is 65.7 Å². The lowest BCUT2D eigenvalue weighted by atomic mass is 10.0. The number of nitrogens with one attached hydrogen (secondary N) is 2. The first-order chi connectivity index (χ1) is 11.1. The highest BCUT2D eigenvalue weighted by Crippen LogP contribution is 2.15. The van der Waals surface area contributed by atoms with Crippen molar-refractivity contribution in [1.82, 2.24) is 5.32 Å². The van der Waals surface area contributed by atoms with Crippen LogP contribution in [0, 0.1) is 0 Å². The van der Waals surface area contributed by atoms with E-state index in [4.69, 9.17) is 0 Å². The van der Waals surface area contributed by atoms with Crippen molar-refractivity contribution in [2.75, 3.05) is 5.32 Å². The summed E-state index contributed by atoms with van der Waals surface area (Å²) in [7, 11) is 0. The summed E-state index contributed by atoms with van der Waals surface area (Å²) in [6, 6.07) is 18.5. The fraction of sp³-hybridized carbons (Fsp3) is 0.350. The molecule has 23 heavy (non-hydrogen) atoms. The normalized spacial score (nSPS) is 13.3. The Morgan fingerprint density at radius 2 is 1.65 bits per heavy atom. The molecule has 3 heteroatoms. The number of anilines is 1. The molecule has 0 aliphatic rings. The Morgan fingerprint density at radius 3 is 2.26 bits per heavy atom. The van der Waals surface area contributed by atoms with Gasteiger partial charge < -0.3 is 10.6 Å². The number of para-hydroxylation sites is 1. The second-order valence-electron chi connectivity index (χ2n) is 6.00. The van der Waals surface area contributed by atoms with E-state index < -0.39 is 0 Å². The van der Waals surface area contributed by atoms with E-state index in [-0.39, 0.29) is 18.0 Å². The van der Waals surface area contributed by atoms with Crippen molar-refractivity contribution < 1.29 is 4.79 Å². The maximum atomic E-state index is 12.1. The van der Waals surface area contributed by atoms with Crippen LogP contribution < -0.4 is 10.6 Å². The van der Waals surface area contributed by atoms with Gasteiger partial charge in [0.15, 0.2) is 0 Å². The largest absolute Gasteiger partial charge is 0.326 e. The van der Waals surface area contributed by atoms with Gasteiger partial charge in [-0.05, 0) is 43.5 Å². The molecule has 2 aromatic carbocycles. The van der Waals surface area contributed by atoms with Crippen LogP contribution in [0.3, 0.4) is 0 Å². The Bertz CT molecular complexity index is 607. The molecule has 2 N–H and O–H groups in total. The van der Waals surface area contributed by atoms with Crippen LogP contribution in [-0.4, -0.2) is 11.9 Å². The van der Waals surface area contributed by atoms with Gasteiger partial charge in [-0.3, -0.25) is 4.79 Å². The third-order valence-electron chi connectivity index (χ3n) is 3.97. The van der Waals surface area contributed by atoms with Crippen molar-refractivity contribution in [3.63, 3.8) is 0 Å². The fourth-order valence-electron chi connectivity index (χ4n) is 2.64. The van der Waals surface area contributed by atoms with Crippen molar-refractivity contribution in [2.24, 2.45) is 0 Å². The molecule has 0 fully saturated rings. The van der Waals surface area contributed by atoms with Gasteiger partial charge in [-0.2, -0.15) is 0 Å². The minimum atomic E-state index is 0.0322. The van der Waals surface area contributed by atoms with E-state index in [0.29, 0.717) is 6.42 Å². The number of benzene rings is 2. The minimum Gasteiger partial charge on any atom is -0.326 e. The maximum absolute atomic E-state index is 12.1. The molecule has 0 aliphatic heterocycles. The van der Waals surface area contributed by atoms with Crippen molar-refractivity contribution >= 4 is 11.6 Å². The van der Waals surface area contributed by atoms with Gasteiger partial charge in [-0.15, -0.1) is 0 Å². The smallest absolute Gasteiger partial charge is 0.225 e. The summed E-state index contributed by atoms with van der Waals surface area (Å²) < 4.78 is 0. The molecule has 0 unspecified atom stereocenters. The van der Waals surface area contributed by atoms with Gasteiger partial charge in [0.05, 0.1) is 0 Å². The Morgan fingerprint density at radius 1 is 1.00 bits per heavy atom. The molecule has 3 nitrogen and oxygen atoms in total. The summed E-state index contributed by atoms with van der Waals surface area (Å²) in [5, 5.41) is 6.41. The Labute approximate surface area is 139 Å². The summed E-state index contributed by atoms with van der Waals surface area (Å²) in [5.41, 5.74) is 3.43. The molecule has 0 aliphatic carbocycles. The maximum Gasteiger partial charge on any atom is 0.225 e. The van der Waals surface area contributed by atoms with Crippen LogP contribution >= 0.6 is 0 Å². The summed E-state index contributed by atoms with van der Waals surface area (Å²) in [4.78, 5) is 12.1. The number of aryl methyl sites for hydroxylation is 1. The lowest BCUT2D eigenvalue weighted by molar-refractivity contribution is -0.116. The van der Waals surface area contributed by atoms with E-state index in [9.17, 15) is 4.79 Å². The summed E-state index contributed by atoms with van der Waals surface area (Å²) in [6.07, 6.45) is 1.50. The number of rotatable bonds is 7. The van der Waals surface area contributed by atoms with E-state index in [2.05, 4.69) is 48.7 Å². The lowest BCUT2D eigenvalue weighted by Gasteiger charge is -2.20. The van der Waals surface area contributed by atoms with Gasteiger partial charge in [-0.25, -0.2) is 0 Å². The van der Waals surface area contributed by atoms with Gasteiger partial charge in [0, 0.05) is 24.2 Å². The van der Waals surface area contributed by atoms with E-state index in [1.807, 2.05) is 37.3 Å². The quantitative estimate of drug-likeness (QED) is 0.800. The highest BCUT2D eigenvalue weighted by Gasteiger charge is 2.13. The molecule has 0 heterocycles. The molecule has 0 aromatic heterocycles. The van der Waals surface area contributed by atoms with Crippen LogP contribution in [0.2, 0.25) is 0 Å². The van der Waals surface area contributed by atoms with Crippen LogP contribution in [0.1, 0.15) is 44.4 Å². The molecule has 0 radical (unpaired) electrons. The van der Waals surface area contributed by atoms with Gasteiger partial charge in [0.2, 0.25) is 5.91 Å². The summed E-state index contributed by atoms with van der Waals surface area (Å²) in [6.45, 7) is 6.33. The average molecular weight is 310 g/mol. The van der Waals surface area contributed by atoms with E-state index in [1.54, 1.807) is 0 Å². The number of hydrogen-bond donors (Lipinski definition) is 2. The van der Waals surface area contributed by atoms with E-state index in [0.717, 1.165) is 12.1 Å². The van der Waals surface area contributed by atoms with Gasteiger partial charge in [0.25, 0.3) is 0 Å². The highest BCUT2D eigenvalue weighted by atomic mass is 16.1. The Balaban J connectivity index is 1.83. The molecular weight excluding hydrogens is 284 g/mol. The number of carbonyl (C=O) groups excluding carboxylic acids is 1. The molecule has 2 atom stereocenters. The first-order valence-electron chi connectivity index (χ1n) is 8.28. The van der Waals surface area contributed by atoms with Gasteiger partial charge >= 0.3 is 0 Å². The molecule has 2 rings (SSSR count). The number of amides is 1. The monoisotopic (exact) mass is 310 g/mol. The summed E-state index contributed by atoms with van der Waals surface area (Å²) >= 11 is 0. The number of carbonyl (C=O) groups is 1. The van der Waals surface area contributed by atoms with Crippen molar-refractivity contribution in [3.8, 4) is 0 Å². The molecule has 0 spiro atoms. The predicted octanol–water partition coefficient (Wildman–Crippen LogP) is 4.32. The van der Waals surface area contributed by atoms with E-state index >= 15 is 0 Å². The van der Waals surface area contributed by atoms with Crippen LogP contribution in [0.5, 0.6) is 0 Å². The Kier molecular flexibility index (Phi) is 6.36. The van der Waals surface area contributed by atoms with Crippen LogP contribution in [-0.2, 0) is 11.2 Å². The molecule has 0 bridgehead atoms. The van der Waals surface area contributed by atoms with Crippen LogP contribution in [0.4, 0.5) is 5.69 Å². The first kappa shape index (κ1) is 17.2. The molecule has 0 saturated carbocycles. The van der Waals surface area contributed by atoms with Gasteiger partial charge in [0.1, 0.15) is 0 Å². The van der Waals surface area contributed by atoms with Crippen LogP contribution in [0.15, 0.2) is 54.6 Å². The Hall–Kier alpha value is -2.13. The zero-order chi connectivity index (χ0) is 16.7. The zero-order valence-corrected chi connectivity index (χ0v) is 14.2. The van der Waals surface area contributed by atoms with Crippen molar-refractivity contribution in [2.45, 2.75) is 45.7 Å².